The van der Waals surface area contributed by atoms with Gasteiger partial charge in [-0.2, -0.15) is 0 Å². The zero-order valence-corrected chi connectivity index (χ0v) is 17.3. The van der Waals surface area contributed by atoms with Gasteiger partial charge in [0.25, 0.3) is 0 Å². The Bertz CT molecular complexity index is 814. The smallest absolute Gasteiger partial charge is 0.235 e. The van der Waals surface area contributed by atoms with Crippen molar-refractivity contribution in [2.24, 2.45) is 22.7 Å². The highest BCUT2D eigenvalue weighted by Gasteiger charge is 2.33. The normalized spacial score (nSPS) is 27.5. The summed E-state index contributed by atoms with van der Waals surface area (Å²) in [4.78, 5) is 9.87. The van der Waals surface area contributed by atoms with Gasteiger partial charge in [0, 0.05) is 11.6 Å². The fraction of sp³-hybridized carbons (Fsp3) is 0.520. The number of hydrogen-bond donors (Lipinski definition) is 0. The number of benzene rings is 1. The summed E-state index contributed by atoms with van der Waals surface area (Å²) in [6.45, 7) is 7.74. The van der Waals surface area contributed by atoms with Crippen LogP contribution in [0.3, 0.4) is 0 Å². The molecule has 4 atom stereocenters. The third kappa shape index (κ3) is 4.29. The molecule has 1 saturated carbocycles. The van der Waals surface area contributed by atoms with Crippen LogP contribution in [0.2, 0.25) is 0 Å². The molecule has 2 heterocycles. The molecule has 3 nitrogen and oxygen atoms in total. The van der Waals surface area contributed by atoms with Gasteiger partial charge in [-0.25, -0.2) is 9.98 Å². The highest BCUT2D eigenvalue weighted by atomic mass is 16.5. The van der Waals surface area contributed by atoms with Gasteiger partial charge in [-0.05, 0) is 54.7 Å². The second kappa shape index (κ2) is 8.46. The fourth-order valence-electron chi connectivity index (χ4n) is 4.87. The molecule has 0 saturated heterocycles. The van der Waals surface area contributed by atoms with E-state index in [4.69, 9.17) is 14.7 Å². The Morgan fingerprint density at radius 2 is 1.86 bits per heavy atom. The highest BCUT2D eigenvalue weighted by molar-refractivity contribution is 5.93. The number of aromatic nitrogens is 1. The van der Waals surface area contributed by atoms with Crippen molar-refractivity contribution in [3.8, 4) is 0 Å². The molecule has 1 fully saturated rings. The number of pyridine rings is 1. The summed E-state index contributed by atoms with van der Waals surface area (Å²) >= 11 is 0. The van der Waals surface area contributed by atoms with Gasteiger partial charge >= 0.3 is 0 Å². The summed E-state index contributed by atoms with van der Waals surface area (Å²) in [7, 11) is 0. The summed E-state index contributed by atoms with van der Waals surface area (Å²) < 4.78 is 5.95. The molecule has 2 aromatic rings. The number of ether oxygens (including phenoxy) is 1. The van der Waals surface area contributed by atoms with Crippen molar-refractivity contribution in [2.45, 2.75) is 58.4 Å². The van der Waals surface area contributed by atoms with Crippen molar-refractivity contribution in [3.05, 3.63) is 65.5 Å². The first-order valence-corrected chi connectivity index (χ1v) is 10.8. The van der Waals surface area contributed by atoms with Gasteiger partial charge in [0.2, 0.25) is 5.90 Å². The van der Waals surface area contributed by atoms with Crippen LogP contribution in [0.25, 0.3) is 0 Å². The van der Waals surface area contributed by atoms with Gasteiger partial charge in [-0.3, -0.25) is 0 Å². The second-order valence-electron chi connectivity index (χ2n) is 8.97. The Hall–Kier alpha value is -2.16. The van der Waals surface area contributed by atoms with E-state index in [2.05, 4.69) is 63.2 Å². The standard InChI is InChI=1S/C25H32N2O/c1-17(2)21-13-12-18(3)14-22(21)23-10-7-11-24(27-23)25-26-20(16-28-25)15-19-8-5-4-6-9-19/h4-11,17-18,20-22H,12-16H2,1-3H3/t18-,20-,21+,22-/m0/s1. The van der Waals surface area contributed by atoms with Crippen molar-refractivity contribution in [1.29, 1.82) is 0 Å². The first-order chi connectivity index (χ1) is 13.6. The van der Waals surface area contributed by atoms with Crippen LogP contribution in [0.5, 0.6) is 0 Å². The van der Waals surface area contributed by atoms with Crippen LogP contribution in [-0.4, -0.2) is 23.5 Å². The molecule has 1 aromatic carbocycles. The van der Waals surface area contributed by atoms with Gasteiger partial charge in [0.05, 0.1) is 6.04 Å². The van der Waals surface area contributed by atoms with E-state index in [-0.39, 0.29) is 6.04 Å². The van der Waals surface area contributed by atoms with Crippen LogP contribution in [0.4, 0.5) is 0 Å². The van der Waals surface area contributed by atoms with Gasteiger partial charge in [-0.15, -0.1) is 0 Å². The maximum absolute atomic E-state index is 5.95. The average Bonchev–Trinajstić information content (AvgIpc) is 3.17. The Morgan fingerprint density at radius 1 is 1.04 bits per heavy atom. The SMILES string of the molecule is CC(C)[C@H]1CC[C@H](C)C[C@@H]1c1cccc(C2=N[C@@H](Cc3ccccc3)CO2)n1. The molecule has 4 rings (SSSR count). The lowest BCUT2D eigenvalue weighted by Gasteiger charge is -2.37. The van der Waals surface area contributed by atoms with Crippen LogP contribution in [0.1, 0.15) is 62.9 Å². The monoisotopic (exact) mass is 376 g/mol. The molecule has 148 valence electrons. The Morgan fingerprint density at radius 3 is 2.64 bits per heavy atom. The first-order valence-electron chi connectivity index (χ1n) is 10.8. The van der Waals surface area contributed by atoms with E-state index in [0.717, 1.165) is 24.0 Å². The van der Waals surface area contributed by atoms with Crippen molar-refractivity contribution in [3.63, 3.8) is 0 Å². The lowest BCUT2D eigenvalue weighted by atomic mass is 9.69. The van der Waals surface area contributed by atoms with E-state index in [0.29, 0.717) is 24.3 Å². The average molecular weight is 377 g/mol. The van der Waals surface area contributed by atoms with E-state index in [1.54, 1.807) is 0 Å². The quantitative estimate of drug-likeness (QED) is 0.676. The molecule has 0 unspecified atom stereocenters. The zero-order valence-electron chi connectivity index (χ0n) is 17.3. The molecule has 3 heteroatoms. The van der Waals surface area contributed by atoms with Crippen molar-refractivity contribution in [1.82, 2.24) is 4.98 Å². The van der Waals surface area contributed by atoms with Crippen LogP contribution in [-0.2, 0) is 11.2 Å². The predicted octanol–water partition coefficient (Wildman–Crippen LogP) is 5.65. The summed E-state index contributed by atoms with van der Waals surface area (Å²) in [5, 5.41) is 0. The van der Waals surface area contributed by atoms with E-state index >= 15 is 0 Å². The predicted molar refractivity (Wildman–Crippen MR) is 115 cm³/mol. The molecular weight excluding hydrogens is 344 g/mol. The summed E-state index contributed by atoms with van der Waals surface area (Å²) in [6, 6.07) is 17.1. The highest BCUT2D eigenvalue weighted by Crippen LogP contribution is 2.43. The number of nitrogens with zero attached hydrogens (tertiary/aromatic N) is 2. The number of rotatable bonds is 5. The molecular formula is C25H32N2O. The molecule has 1 aliphatic heterocycles. The van der Waals surface area contributed by atoms with E-state index in [1.807, 2.05) is 6.07 Å². The summed E-state index contributed by atoms with van der Waals surface area (Å²) in [5.74, 6) is 3.45. The maximum Gasteiger partial charge on any atom is 0.235 e. The minimum Gasteiger partial charge on any atom is -0.474 e. The minimum atomic E-state index is 0.181. The lowest BCUT2D eigenvalue weighted by molar-refractivity contribution is 0.194. The van der Waals surface area contributed by atoms with E-state index < -0.39 is 0 Å². The van der Waals surface area contributed by atoms with Gasteiger partial charge < -0.3 is 4.74 Å². The fourth-order valence-corrected chi connectivity index (χ4v) is 4.87. The molecule has 0 radical (unpaired) electrons. The molecule has 28 heavy (non-hydrogen) atoms. The van der Waals surface area contributed by atoms with E-state index in [9.17, 15) is 0 Å². The van der Waals surface area contributed by atoms with Crippen molar-refractivity contribution >= 4 is 5.90 Å². The molecule has 0 bridgehead atoms. The summed E-state index contributed by atoms with van der Waals surface area (Å²) in [5.41, 5.74) is 3.42. The van der Waals surface area contributed by atoms with E-state index in [1.165, 1.54) is 30.5 Å². The second-order valence-corrected chi connectivity index (χ2v) is 8.97. The van der Waals surface area contributed by atoms with Crippen LogP contribution in [0.15, 0.2) is 53.5 Å². The van der Waals surface area contributed by atoms with Crippen LogP contribution < -0.4 is 0 Å². The van der Waals surface area contributed by atoms with Crippen LogP contribution in [0, 0.1) is 17.8 Å². The third-order valence-electron chi connectivity index (χ3n) is 6.42. The Balaban J connectivity index is 1.53. The maximum atomic E-state index is 5.95. The molecule has 2 aliphatic rings. The van der Waals surface area contributed by atoms with Gasteiger partial charge in [0.15, 0.2) is 0 Å². The molecule has 0 amide bonds. The molecule has 1 aliphatic carbocycles. The van der Waals surface area contributed by atoms with Gasteiger partial charge in [-0.1, -0.05) is 63.6 Å². The van der Waals surface area contributed by atoms with Crippen molar-refractivity contribution < 1.29 is 4.74 Å². The third-order valence-corrected chi connectivity index (χ3v) is 6.42. The first kappa shape index (κ1) is 19.2. The topological polar surface area (TPSA) is 34.5 Å². The van der Waals surface area contributed by atoms with Crippen molar-refractivity contribution in [2.75, 3.05) is 6.61 Å². The van der Waals surface area contributed by atoms with Gasteiger partial charge in [0.1, 0.15) is 12.3 Å². The molecule has 0 N–H and O–H groups in total. The lowest BCUT2D eigenvalue weighted by Crippen LogP contribution is -2.27. The van der Waals surface area contributed by atoms with Crippen LogP contribution >= 0.6 is 0 Å². The Kier molecular flexibility index (Phi) is 5.79. The molecule has 0 spiro atoms. The Labute approximate surface area is 169 Å². The minimum absolute atomic E-state index is 0.181. The number of aliphatic imine (C=N–C) groups is 1. The zero-order chi connectivity index (χ0) is 19.5. The largest absolute Gasteiger partial charge is 0.474 e. The molecule has 1 aromatic heterocycles. The number of hydrogen-bond acceptors (Lipinski definition) is 3. The summed E-state index contributed by atoms with van der Waals surface area (Å²) in [6.07, 6.45) is 4.81.